The van der Waals surface area contributed by atoms with E-state index in [1.165, 1.54) is 0 Å². The van der Waals surface area contributed by atoms with Crippen molar-refractivity contribution in [1.82, 2.24) is 0 Å². The molecule has 1 atom stereocenters. The summed E-state index contributed by atoms with van der Waals surface area (Å²) in [5.41, 5.74) is -0.860. The Morgan fingerprint density at radius 1 is 1.47 bits per heavy atom. The first-order chi connectivity index (χ1) is 9.10. The first-order valence-electron chi connectivity index (χ1n) is 5.86. The highest BCUT2D eigenvalue weighted by Crippen LogP contribution is 2.26. The molecule has 19 heavy (non-hydrogen) atoms. The second kappa shape index (κ2) is 5.51. The molecule has 4 nitrogen and oxygen atoms in total. The van der Waals surface area contributed by atoms with E-state index in [9.17, 15) is 8.78 Å². The first kappa shape index (κ1) is 13.7. The van der Waals surface area contributed by atoms with E-state index < -0.39 is 17.2 Å². The maximum absolute atomic E-state index is 13.7. The number of benzene rings is 1. The van der Waals surface area contributed by atoms with E-state index in [1.807, 2.05) is 0 Å². The topological polar surface area (TPSA) is 54.3 Å². The Morgan fingerprint density at radius 2 is 2.16 bits per heavy atom. The van der Waals surface area contributed by atoms with Crippen LogP contribution in [-0.2, 0) is 9.47 Å². The van der Waals surface area contributed by atoms with E-state index in [4.69, 9.17) is 14.7 Å². The molecule has 102 valence electrons. The predicted molar refractivity (Wildman–Crippen MR) is 64.7 cm³/mol. The van der Waals surface area contributed by atoms with Crippen molar-refractivity contribution < 1.29 is 18.3 Å². The van der Waals surface area contributed by atoms with E-state index in [0.29, 0.717) is 19.6 Å². The summed E-state index contributed by atoms with van der Waals surface area (Å²) in [6.07, 6.45) is 0.663. The molecule has 2 rings (SSSR count). The summed E-state index contributed by atoms with van der Waals surface area (Å²) in [5.74, 6) is -1.58. The lowest BCUT2D eigenvalue weighted by Crippen LogP contribution is -2.39. The van der Waals surface area contributed by atoms with E-state index in [2.05, 4.69) is 5.32 Å². The fraction of sp³-hybridized carbons (Fsp3) is 0.462. The highest BCUT2D eigenvalue weighted by molar-refractivity contribution is 5.50. The number of hydrogen-bond donors (Lipinski definition) is 1. The molecule has 0 radical (unpaired) electrons. The molecule has 6 heteroatoms. The van der Waals surface area contributed by atoms with Gasteiger partial charge in [0.25, 0.3) is 0 Å². The van der Waals surface area contributed by atoms with Gasteiger partial charge in [-0.2, -0.15) is 5.26 Å². The fourth-order valence-electron chi connectivity index (χ4n) is 2.02. The van der Waals surface area contributed by atoms with Crippen LogP contribution in [0.25, 0.3) is 0 Å². The van der Waals surface area contributed by atoms with Gasteiger partial charge in [0, 0.05) is 26.7 Å². The standard InChI is InChI=1S/C13H14F2N2O2/c1-18-13(2-3-19-8-13)7-17-12-10(14)4-9(6-16)5-11(12)15/h4-5,17H,2-3,7-8H2,1H3. The molecular formula is C13H14F2N2O2. The van der Waals surface area contributed by atoms with Gasteiger partial charge in [-0.15, -0.1) is 0 Å². The Labute approximate surface area is 109 Å². The summed E-state index contributed by atoms with van der Waals surface area (Å²) in [6, 6.07) is 3.69. The van der Waals surface area contributed by atoms with Crippen molar-refractivity contribution in [3.05, 3.63) is 29.3 Å². The normalized spacial score (nSPS) is 22.2. The molecule has 1 fully saturated rings. The number of nitrogens with zero attached hydrogens (tertiary/aromatic N) is 1. The summed E-state index contributed by atoms with van der Waals surface area (Å²) in [6.45, 7) is 1.19. The van der Waals surface area contributed by atoms with Gasteiger partial charge in [0.05, 0.1) is 18.2 Å². The van der Waals surface area contributed by atoms with Gasteiger partial charge in [0.15, 0.2) is 11.6 Å². The zero-order valence-corrected chi connectivity index (χ0v) is 10.5. The van der Waals surface area contributed by atoms with Gasteiger partial charge in [-0.3, -0.25) is 0 Å². The lowest BCUT2D eigenvalue weighted by atomic mass is 10.0. The van der Waals surface area contributed by atoms with Gasteiger partial charge in [0.2, 0.25) is 0 Å². The van der Waals surface area contributed by atoms with Gasteiger partial charge in [0.1, 0.15) is 11.3 Å². The molecule has 1 aliphatic rings. The number of anilines is 1. The second-order valence-electron chi connectivity index (χ2n) is 4.47. The third-order valence-corrected chi connectivity index (χ3v) is 3.26. The van der Waals surface area contributed by atoms with Crippen molar-refractivity contribution in [2.75, 3.05) is 32.2 Å². The molecule has 0 aromatic heterocycles. The number of methoxy groups -OCH3 is 1. The molecule has 1 aromatic carbocycles. The molecule has 0 spiro atoms. The van der Waals surface area contributed by atoms with Crippen molar-refractivity contribution in [3.63, 3.8) is 0 Å². The summed E-state index contributed by atoms with van der Waals surface area (Å²) in [4.78, 5) is 0. The van der Waals surface area contributed by atoms with Crippen LogP contribution in [0.3, 0.4) is 0 Å². The van der Waals surface area contributed by atoms with Gasteiger partial charge in [-0.1, -0.05) is 0 Å². The summed E-state index contributed by atoms with van der Waals surface area (Å²) in [7, 11) is 1.54. The monoisotopic (exact) mass is 268 g/mol. The van der Waals surface area contributed by atoms with Crippen LogP contribution in [-0.4, -0.2) is 32.5 Å². The Balaban J connectivity index is 2.14. The van der Waals surface area contributed by atoms with Crippen LogP contribution in [0.4, 0.5) is 14.5 Å². The quantitative estimate of drug-likeness (QED) is 0.908. The summed E-state index contributed by atoms with van der Waals surface area (Å²) in [5, 5.41) is 11.3. The molecule has 1 heterocycles. The molecule has 0 aliphatic carbocycles. The van der Waals surface area contributed by atoms with Gasteiger partial charge >= 0.3 is 0 Å². The van der Waals surface area contributed by atoms with E-state index >= 15 is 0 Å². The molecular weight excluding hydrogens is 254 g/mol. The van der Waals surface area contributed by atoms with Gasteiger partial charge < -0.3 is 14.8 Å². The van der Waals surface area contributed by atoms with Crippen LogP contribution in [0.15, 0.2) is 12.1 Å². The average Bonchev–Trinajstić information content (AvgIpc) is 2.87. The molecule has 1 aromatic rings. The van der Waals surface area contributed by atoms with Crippen LogP contribution in [0, 0.1) is 23.0 Å². The minimum absolute atomic E-state index is 0.0498. The SMILES string of the molecule is COC1(CNc2c(F)cc(C#N)cc2F)CCOC1. The number of ether oxygens (including phenoxy) is 2. The number of nitrogens with one attached hydrogen (secondary N) is 1. The molecule has 1 N–H and O–H groups in total. The van der Waals surface area contributed by atoms with Gasteiger partial charge in [-0.25, -0.2) is 8.78 Å². The van der Waals surface area contributed by atoms with Crippen LogP contribution in [0.2, 0.25) is 0 Å². The molecule has 1 unspecified atom stereocenters. The summed E-state index contributed by atoms with van der Waals surface area (Å²) < 4.78 is 38.0. The molecule has 1 saturated heterocycles. The van der Waals surface area contributed by atoms with E-state index in [-0.39, 0.29) is 17.8 Å². The zero-order chi connectivity index (χ0) is 13.9. The van der Waals surface area contributed by atoms with Crippen molar-refractivity contribution >= 4 is 5.69 Å². The van der Waals surface area contributed by atoms with Crippen molar-refractivity contribution in [2.45, 2.75) is 12.0 Å². The predicted octanol–water partition coefficient (Wildman–Crippen LogP) is 2.05. The van der Waals surface area contributed by atoms with E-state index in [0.717, 1.165) is 12.1 Å². The maximum Gasteiger partial charge on any atom is 0.150 e. The number of nitriles is 1. The third kappa shape index (κ3) is 2.83. The smallest absolute Gasteiger partial charge is 0.150 e. The van der Waals surface area contributed by atoms with Crippen LogP contribution < -0.4 is 5.32 Å². The second-order valence-corrected chi connectivity index (χ2v) is 4.47. The minimum Gasteiger partial charge on any atom is -0.378 e. The number of hydrogen-bond acceptors (Lipinski definition) is 4. The van der Waals surface area contributed by atoms with Crippen molar-refractivity contribution in [2.24, 2.45) is 0 Å². The number of rotatable bonds is 4. The van der Waals surface area contributed by atoms with Crippen molar-refractivity contribution in [1.29, 1.82) is 5.26 Å². The van der Waals surface area contributed by atoms with Crippen molar-refractivity contribution in [3.8, 4) is 6.07 Å². The Bertz CT molecular complexity index is 485. The van der Waals surface area contributed by atoms with Crippen LogP contribution in [0.1, 0.15) is 12.0 Å². The molecule has 1 aliphatic heterocycles. The van der Waals surface area contributed by atoms with E-state index in [1.54, 1.807) is 13.2 Å². The number of halogens is 2. The molecule has 0 saturated carbocycles. The van der Waals surface area contributed by atoms with Crippen LogP contribution >= 0.6 is 0 Å². The zero-order valence-electron chi connectivity index (χ0n) is 10.5. The largest absolute Gasteiger partial charge is 0.378 e. The molecule has 0 bridgehead atoms. The Kier molecular flexibility index (Phi) is 3.98. The lowest BCUT2D eigenvalue weighted by Gasteiger charge is -2.26. The maximum atomic E-state index is 13.7. The Hall–Kier alpha value is -1.71. The van der Waals surface area contributed by atoms with Crippen LogP contribution in [0.5, 0.6) is 0 Å². The molecule has 0 amide bonds. The Morgan fingerprint density at radius 3 is 2.63 bits per heavy atom. The first-order valence-corrected chi connectivity index (χ1v) is 5.86. The summed E-state index contributed by atoms with van der Waals surface area (Å²) >= 11 is 0. The van der Waals surface area contributed by atoms with Gasteiger partial charge in [-0.05, 0) is 12.1 Å². The third-order valence-electron chi connectivity index (χ3n) is 3.26. The highest BCUT2D eigenvalue weighted by atomic mass is 19.1. The lowest BCUT2D eigenvalue weighted by molar-refractivity contribution is -0.00627. The minimum atomic E-state index is -0.790. The highest BCUT2D eigenvalue weighted by Gasteiger charge is 2.35. The average molecular weight is 268 g/mol. The fourth-order valence-corrected chi connectivity index (χ4v) is 2.02.